The summed E-state index contributed by atoms with van der Waals surface area (Å²) < 4.78 is 44.8. The number of hydrogen-bond donors (Lipinski definition) is 1. The van der Waals surface area contributed by atoms with Gasteiger partial charge in [0.1, 0.15) is 23.0 Å². The van der Waals surface area contributed by atoms with Crippen molar-refractivity contribution in [2.45, 2.75) is 56.1 Å². The van der Waals surface area contributed by atoms with Gasteiger partial charge in [0.15, 0.2) is 14.7 Å². The number of carbonyl (C=O) groups is 1. The minimum atomic E-state index is -4.36. The number of piperidine rings is 1. The predicted octanol–water partition coefficient (Wildman–Crippen LogP) is 2.07. The van der Waals surface area contributed by atoms with E-state index in [0.29, 0.717) is 12.8 Å². The first-order valence-electron chi connectivity index (χ1n) is 12.5. The van der Waals surface area contributed by atoms with Crippen LogP contribution in [0.3, 0.4) is 0 Å². The van der Waals surface area contributed by atoms with Gasteiger partial charge < -0.3 is 23.9 Å². The average molecular weight is 562 g/mol. The lowest BCUT2D eigenvalue weighted by molar-refractivity contribution is 0.0683. The van der Waals surface area contributed by atoms with Crippen LogP contribution in [0.25, 0.3) is 5.69 Å². The van der Waals surface area contributed by atoms with E-state index in [1.807, 2.05) is 6.92 Å². The highest BCUT2D eigenvalue weighted by Crippen LogP contribution is 2.34. The quantitative estimate of drug-likeness (QED) is 0.406. The lowest BCUT2D eigenvalue weighted by atomic mass is 10.1. The third-order valence-corrected chi connectivity index (χ3v) is 8.91. The minimum absolute atomic E-state index is 0.0373. The molecule has 39 heavy (non-hydrogen) atoms. The highest BCUT2D eigenvalue weighted by Gasteiger charge is 2.39. The molecule has 1 aliphatic heterocycles. The Morgan fingerprint density at radius 1 is 1.15 bits per heavy atom. The Morgan fingerprint density at radius 2 is 1.79 bits per heavy atom. The second kappa shape index (κ2) is 11.4. The molecule has 1 aromatic carbocycles. The van der Waals surface area contributed by atoms with Gasteiger partial charge in [0.2, 0.25) is 11.8 Å². The number of benzene rings is 1. The molecule has 4 rings (SSSR count). The smallest absolute Gasteiger partial charge is 0.311 e. The molecule has 0 unspecified atom stereocenters. The molecular formula is C25H31N5O8S. The Bertz CT molecular complexity index is 1500. The van der Waals surface area contributed by atoms with E-state index in [1.165, 1.54) is 19.1 Å². The van der Waals surface area contributed by atoms with Gasteiger partial charge in [-0.3, -0.25) is 14.2 Å². The van der Waals surface area contributed by atoms with Crippen molar-refractivity contribution in [2.75, 3.05) is 27.3 Å². The number of likely N-dealkylation sites (tertiary alicyclic amines) is 1. The van der Waals surface area contributed by atoms with Gasteiger partial charge in [0.25, 0.3) is 5.56 Å². The maximum atomic E-state index is 13.9. The van der Waals surface area contributed by atoms with Crippen molar-refractivity contribution in [2.24, 2.45) is 0 Å². The number of aryl methyl sites for hydroxylation is 2. The molecule has 13 nitrogen and oxygen atoms in total. The number of hydrogen-bond acceptors (Lipinski definition) is 11. The highest BCUT2D eigenvalue weighted by molar-refractivity contribution is 7.92. The molecule has 0 spiro atoms. The Labute approximate surface area is 225 Å². The lowest BCUT2D eigenvalue weighted by Crippen LogP contribution is -2.43. The van der Waals surface area contributed by atoms with E-state index in [9.17, 15) is 23.1 Å². The van der Waals surface area contributed by atoms with Crippen molar-refractivity contribution in [3.63, 3.8) is 0 Å². The molecule has 1 aliphatic rings. The molecule has 1 amide bonds. The van der Waals surface area contributed by atoms with E-state index < -0.39 is 37.3 Å². The van der Waals surface area contributed by atoms with Gasteiger partial charge in [-0.1, -0.05) is 19.4 Å². The van der Waals surface area contributed by atoms with E-state index in [-0.39, 0.29) is 60.7 Å². The molecule has 3 heterocycles. The molecule has 1 saturated heterocycles. The summed E-state index contributed by atoms with van der Waals surface area (Å²) in [5.41, 5.74) is -0.755. The van der Waals surface area contributed by atoms with Crippen LogP contribution in [-0.4, -0.2) is 76.6 Å². The van der Waals surface area contributed by atoms with Crippen LogP contribution in [0.5, 0.6) is 17.4 Å². The molecule has 0 aliphatic carbocycles. The summed E-state index contributed by atoms with van der Waals surface area (Å²) >= 11 is 0. The normalized spacial score (nSPS) is 14.4. The van der Waals surface area contributed by atoms with Crippen LogP contribution in [0.15, 0.2) is 32.3 Å². The maximum absolute atomic E-state index is 13.9. The Hall–Kier alpha value is -3.94. The molecule has 0 bridgehead atoms. The first-order chi connectivity index (χ1) is 18.6. The van der Waals surface area contributed by atoms with Gasteiger partial charge in [-0.2, -0.15) is 4.98 Å². The summed E-state index contributed by atoms with van der Waals surface area (Å²) in [4.78, 5) is 31.4. The van der Waals surface area contributed by atoms with Crippen LogP contribution in [0.2, 0.25) is 0 Å². The summed E-state index contributed by atoms with van der Waals surface area (Å²) in [6, 6.07) is 4.91. The largest absolute Gasteiger partial charge is 0.494 e. The minimum Gasteiger partial charge on any atom is -0.494 e. The van der Waals surface area contributed by atoms with Crippen LogP contribution in [0.1, 0.15) is 55.0 Å². The summed E-state index contributed by atoms with van der Waals surface area (Å²) in [5.74, 6) is -0.563. The fourth-order valence-corrected chi connectivity index (χ4v) is 6.43. The average Bonchev–Trinajstić information content (AvgIpc) is 3.37. The van der Waals surface area contributed by atoms with Crippen molar-refractivity contribution >= 4 is 15.7 Å². The molecule has 2 aromatic heterocycles. The number of sulfone groups is 1. The zero-order valence-electron chi connectivity index (χ0n) is 22.2. The topological polar surface area (TPSA) is 167 Å². The van der Waals surface area contributed by atoms with E-state index in [4.69, 9.17) is 13.9 Å². The Kier molecular flexibility index (Phi) is 8.23. The standard InChI is InChI=1S/C25H31N5O8S/c1-5-6-10-19-26-22(31)21(24(32)30(19)20-17(36-3)8-7-9-18(20)37-4)39(34,35)16-11-13-29(14-12-16)25(33)23-28-27-15(2)38-23/h7-9,16,31H,5-6,10-14H2,1-4H3. The Morgan fingerprint density at radius 3 is 2.33 bits per heavy atom. The van der Waals surface area contributed by atoms with Crippen LogP contribution in [0.4, 0.5) is 0 Å². The summed E-state index contributed by atoms with van der Waals surface area (Å²) in [5, 5.41) is 17.1. The first-order valence-corrected chi connectivity index (χ1v) is 14.1. The number of amides is 1. The molecule has 0 radical (unpaired) electrons. The van der Waals surface area contributed by atoms with E-state index in [0.717, 1.165) is 11.0 Å². The summed E-state index contributed by atoms with van der Waals surface area (Å²) in [6.45, 7) is 3.69. The van der Waals surface area contributed by atoms with Crippen molar-refractivity contribution in [1.82, 2.24) is 24.6 Å². The van der Waals surface area contributed by atoms with Crippen molar-refractivity contribution < 1.29 is 32.2 Å². The number of carbonyl (C=O) groups excluding carboxylic acids is 1. The van der Waals surface area contributed by atoms with Gasteiger partial charge in [0, 0.05) is 26.4 Å². The van der Waals surface area contributed by atoms with Gasteiger partial charge in [-0.15, -0.1) is 10.2 Å². The van der Waals surface area contributed by atoms with Crippen LogP contribution < -0.4 is 15.0 Å². The van der Waals surface area contributed by atoms with Gasteiger partial charge in [-0.05, 0) is 31.4 Å². The molecule has 0 saturated carbocycles. The SMILES string of the molecule is CCCCc1nc(O)c(S(=O)(=O)C2CCN(C(=O)c3nnc(C)o3)CC2)c(=O)n1-c1c(OC)cccc1OC. The number of aromatic nitrogens is 4. The molecular weight excluding hydrogens is 530 g/mol. The molecule has 14 heteroatoms. The number of unbranched alkanes of at least 4 members (excludes halogenated alkanes) is 1. The van der Waals surface area contributed by atoms with Crippen LogP contribution in [0, 0.1) is 6.92 Å². The molecule has 1 N–H and O–H groups in total. The molecule has 0 atom stereocenters. The van der Waals surface area contributed by atoms with Crippen LogP contribution in [-0.2, 0) is 16.3 Å². The summed E-state index contributed by atoms with van der Waals surface area (Å²) in [7, 11) is -1.51. The third kappa shape index (κ3) is 5.33. The monoisotopic (exact) mass is 561 g/mol. The van der Waals surface area contributed by atoms with Gasteiger partial charge in [0.05, 0.1) is 19.5 Å². The molecule has 3 aromatic rings. The van der Waals surface area contributed by atoms with Crippen molar-refractivity contribution in [3.05, 3.63) is 46.2 Å². The predicted molar refractivity (Wildman–Crippen MR) is 138 cm³/mol. The van der Waals surface area contributed by atoms with E-state index in [2.05, 4.69) is 15.2 Å². The Balaban J connectivity index is 1.75. The van der Waals surface area contributed by atoms with E-state index in [1.54, 1.807) is 25.1 Å². The highest BCUT2D eigenvalue weighted by atomic mass is 32.2. The first kappa shape index (κ1) is 28.1. The number of aromatic hydroxyl groups is 1. The number of rotatable bonds is 9. The maximum Gasteiger partial charge on any atom is 0.311 e. The number of nitrogens with zero attached hydrogens (tertiary/aromatic N) is 5. The third-order valence-electron chi connectivity index (χ3n) is 6.63. The van der Waals surface area contributed by atoms with Crippen molar-refractivity contribution in [3.8, 4) is 23.1 Å². The molecule has 210 valence electrons. The van der Waals surface area contributed by atoms with Gasteiger partial charge in [-0.25, -0.2) is 8.42 Å². The number of ether oxygens (including phenoxy) is 2. The molecule has 1 fully saturated rings. The fourth-order valence-electron chi connectivity index (χ4n) is 4.63. The zero-order chi connectivity index (χ0) is 28.3. The van der Waals surface area contributed by atoms with Crippen molar-refractivity contribution in [1.29, 1.82) is 0 Å². The second-order valence-electron chi connectivity index (χ2n) is 9.10. The second-order valence-corrected chi connectivity index (χ2v) is 11.3. The number of para-hydroxylation sites is 1. The number of methoxy groups -OCH3 is 2. The van der Waals surface area contributed by atoms with Gasteiger partial charge >= 0.3 is 11.8 Å². The fraction of sp³-hybridized carbons (Fsp3) is 0.480. The lowest BCUT2D eigenvalue weighted by Gasteiger charge is -2.30. The zero-order valence-corrected chi connectivity index (χ0v) is 23.0. The summed E-state index contributed by atoms with van der Waals surface area (Å²) in [6.07, 6.45) is 1.80. The van der Waals surface area contributed by atoms with E-state index >= 15 is 0 Å². The van der Waals surface area contributed by atoms with Crippen LogP contribution >= 0.6 is 0 Å².